The summed E-state index contributed by atoms with van der Waals surface area (Å²) in [6, 6.07) is 35.8. The summed E-state index contributed by atoms with van der Waals surface area (Å²) in [5.41, 5.74) is 2.43. The molecule has 0 radical (unpaired) electrons. The lowest BCUT2D eigenvalue weighted by Gasteiger charge is -2.40. The molecular weight excluding hydrogens is 822 g/mol. The lowest BCUT2D eigenvalue weighted by atomic mass is 9.79. The van der Waals surface area contributed by atoms with Crippen LogP contribution < -0.4 is 14.8 Å². The van der Waals surface area contributed by atoms with Crippen LogP contribution in [-0.4, -0.2) is 81.8 Å². The number of anilines is 1. The van der Waals surface area contributed by atoms with Crippen LogP contribution in [0.2, 0.25) is 0 Å². The molecule has 328 valence electrons. The number of ether oxygens (including phenoxy) is 4. The van der Waals surface area contributed by atoms with Gasteiger partial charge in [-0.1, -0.05) is 72.8 Å². The minimum absolute atomic E-state index is 0.0256. The van der Waals surface area contributed by atoms with Gasteiger partial charge in [-0.3, -0.25) is 18.4 Å². The van der Waals surface area contributed by atoms with Crippen LogP contribution >= 0.6 is 7.75 Å². The van der Waals surface area contributed by atoms with Crippen LogP contribution in [0.15, 0.2) is 122 Å². The fourth-order valence-corrected chi connectivity index (χ4v) is 10.2. The average molecular weight is 874 g/mol. The third-order valence-corrected chi connectivity index (χ3v) is 13.3. The van der Waals surface area contributed by atoms with Crippen molar-refractivity contribution in [1.82, 2.24) is 24.2 Å². The quantitative estimate of drug-likeness (QED) is 0.0465. The number of hydrogen-bond donors (Lipinski definition) is 1. The van der Waals surface area contributed by atoms with Crippen LogP contribution in [0.3, 0.4) is 0 Å². The number of rotatable bonds is 19. The summed E-state index contributed by atoms with van der Waals surface area (Å²) in [5, 5.41) is 12.2. The van der Waals surface area contributed by atoms with Gasteiger partial charge in [-0.05, 0) is 80.8 Å². The lowest BCUT2D eigenvalue weighted by Crippen LogP contribution is -2.41. The highest BCUT2D eigenvalue weighted by molar-refractivity contribution is 7.51. The Kier molecular flexibility index (Phi) is 14.3. The van der Waals surface area contributed by atoms with Crippen LogP contribution in [0.5, 0.6) is 11.5 Å². The summed E-state index contributed by atoms with van der Waals surface area (Å²) < 4.78 is 56.4. The van der Waals surface area contributed by atoms with Crippen molar-refractivity contribution in [3.05, 3.63) is 144 Å². The van der Waals surface area contributed by atoms with Crippen LogP contribution in [0.4, 0.5) is 5.82 Å². The first-order valence-corrected chi connectivity index (χ1v) is 22.3. The molecule has 6 aromatic rings. The smallest absolute Gasteiger partial charge is 0.408 e. The average Bonchev–Trinajstić information content (AvgIpc) is 3.92. The zero-order chi connectivity index (χ0) is 44.6. The summed E-state index contributed by atoms with van der Waals surface area (Å²) in [4.78, 5) is 26.8. The van der Waals surface area contributed by atoms with E-state index >= 15 is 0 Å². The maximum atomic E-state index is 14.9. The molecule has 1 aliphatic rings. The highest BCUT2D eigenvalue weighted by atomic mass is 31.2. The molecule has 0 aliphatic carbocycles. The SMILES string of the molecule is COc1ccc(C(O[C@H]2C[C@H](n3cnc4c(NC(=O)c5ccccc5)ncnc43)O[C@@H]2CO[P@@](=O)(OCCC#N)N(C(C)C)C(C)C)(c2ccccc2)c2ccc(OC)cc2)cc1. The number of nitriles is 1. The zero-order valence-electron chi connectivity index (χ0n) is 36.2. The Labute approximate surface area is 367 Å². The Morgan fingerprint density at radius 2 is 1.44 bits per heavy atom. The zero-order valence-corrected chi connectivity index (χ0v) is 37.1. The molecular formula is C47H52N7O8P. The molecule has 0 bridgehead atoms. The summed E-state index contributed by atoms with van der Waals surface area (Å²) >= 11 is 0. The molecule has 1 fully saturated rings. The van der Waals surface area contributed by atoms with Crippen molar-refractivity contribution in [2.45, 2.75) is 76.7 Å². The van der Waals surface area contributed by atoms with Gasteiger partial charge in [0.25, 0.3) is 5.91 Å². The summed E-state index contributed by atoms with van der Waals surface area (Å²) in [5.74, 6) is 1.23. The molecule has 0 unspecified atom stereocenters. The Bertz CT molecular complexity index is 2480. The topological polar surface area (TPSA) is 172 Å². The van der Waals surface area contributed by atoms with Crippen molar-refractivity contribution in [3.8, 4) is 17.6 Å². The third kappa shape index (κ3) is 9.67. The molecule has 63 heavy (non-hydrogen) atoms. The van der Waals surface area contributed by atoms with Crippen LogP contribution in [0.25, 0.3) is 11.2 Å². The van der Waals surface area contributed by atoms with Gasteiger partial charge in [-0.2, -0.15) is 5.26 Å². The van der Waals surface area contributed by atoms with Gasteiger partial charge in [0, 0.05) is 24.1 Å². The first-order valence-electron chi connectivity index (χ1n) is 20.8. The van der Waals surface area contributed by atoms with E-state index < -0.39 is 31.8 Å². The maximum absolute atomic E-state index is 14.9. The van der Waals surface area contributed by atoms with Crippen molar-refractivity contribution in [2.75, 3.05) is 32.8 Å². The second-order valence-electron chi connectivity index (χ2n) is 15.5. The van der Waals surface area contributed by atoms with Crippen LogP contribution in [-0.2, 0) is 28.7 Å². The molecule has 1 N–H and O–H groups in total. The van der Waals surface area contributed by atoms with Crippen molar-refractivity contribution in [3.63, 3.8) is 0 Å². The fourth-order valence-electron chi connectivity index (χ4n) is 8.03. The Morgan fingerprint density at radius 3 is 2.02 bits per heavy atom. The lowest BCUT2D eigenvalue weighted by molar-refractivity contribution is -0.0981. The molecule has 1 saturated heterocycles. The Hall–Kier alpha value is -5.98. The number of imidazole rings is 1. The number of nitrogens with zero attached hydrogens (tertiary/aromatic N) is 6. The van der Waals surface area contributed by atoms with E-state index in [4.69, 9.17) is 28.0 Å². The predicted octanol–water partition coefficient (Wildman–Crippen LogP) is 8.93. The molecule has 7 rings (SSSR count). The van der Waals surface area contributed by atoms with Crippen LogP contribution in [0, 0.1) is 11.3 Å². The third-order valence-electron chi connectivity index (χ3n) is 10.8. The van der Waals surface area contributed by atoms with Gasteiger partial charge in [-0.25, -0.2) is 24.2 Å². The largest absolute Gasteiger partial charge is 0.497 e. The number of carbonyl (C=O) groups excluding carboxylic acids is 1. The van der Waals surface area contributed by atoms with Gasteiger partial charge in [0.05, 0.1) is 52.4 Å². The molecule has 1 amide bonds. The van der Waals surface area contributed by atoms with Gasteiger partial charge >= 0.3 is 7.75 Å². The molecule has 1 aliphatic heterocycles. The minimum atomic E-state index is -4.02. The number of carbonyl (C=O) groups is 1. The number of hydrogen-bond acceptors (Lipinski definition) is 12. The van der Waals surface area contributed by atoms with Gasteiger partial charge in [-0.15, -0.1) is 0 Å². The minimum Gasteiger partial charge on any atom is -0.497 e. The first-order chi connectivity index (χ1) is 30.5. The molecule has 4 atom stereocenters. The molecule has 3 heterocycles. The standard InChI is InChI=1S/C47H52N7O8P/c1-32(2)54(33(3)4)63(56,59-27-13-26-48)60-29-41-40(28-42(61-41)53-31-51-43-44(49-30-50-45(43)53)52-46(55)34-14-9-7-10-15-34)62-47(35-16-11-8-12-17-35,36-18-22-38(57-5)23-19-36)37-20-24-39(58-6)25-21-37/h7-12,14-25,30-33,40-42H,13,27-29H2,1-6H3,(H,49,50,52,55)/t40-,41+,42+,63-/m0/s1. The molecule has 15 nitrogen and oxygen atoms in total. The number of nitrogens with one attached hydrogen (secondary N) is 1. The molecule has 4 aromatic carbocycles. The number of aromatic nitrogens is 4. The van der Waals surface area contributed by atoms with E-state index in [-0.39, 0.29) is 49.9 Å². The monoisotopic (exact) mass is 873 g/mol. The second kappa shape index (κ2) is 20.0. The van der Waals surface area contributed by atoms with Crippen molar-refractivity contribution in [1.29, 1.82) is 5.26 Å². The van der Waals surface area contributed by atoms with Crippen LogP contribution in [0.1, 0.15) is 73.8 Å². The Balaban J connectivity index is 1.33. The summed E-state index contributed by atoms with van der Waals surface area (Å²) in [6.45, 7) is 7.36. The highest BCUT2D eigenvalue weighted by Gasteiger charge is 2.48. The maximum Gasteiger partial charge on any atom is 0.408 e. The molecule has 0 saturated carbocycles. The highest BCUT2D eigenvalue weighted by Crippen LogP contribution is 2.55. The van der Waals surface area contributed by atoms with E-state index in [0.717, 1.165) is 16.7 Å². The van der Waals surface area contributed by atoms with E-state index in [9.17, 15) is 14.6 Å². The Morgan fingerprint density at radius 1 is 0.857 bits per heavy atom. The van der Waals surface area contributed by atoms with Gasteiger partial charge in [0.15, 0.2) is 17.0 Å². The van der Waals surface area contributed by atoms with Gasteiger partial charge < -0.3 is 24.3 Å². The van der Waals surface area contributed by atoms with Gasteiger partial charge in [0.1, 0.15) is 35.8 Å². The summed E-state index contributed by atoms with van der Waals surface area (Å²) in [6.07, 6.45) is 0.919. The number of methoxy groups -OCH3 is 2. The molecule has 0 spiro atoms. The second-order valence-corrected chi connectivity index (χ2v) is 17.4. The van der Waals surface area contributed by atoms with E-state index in [1.165, 1.54) is 6.33 Å². The van der Waals surface area contributed by atoms with E-state index in [1.807, 2.05) is 113 Å². The van der Waals surface area contributed by atoms with Crippen molar-refractivity contribution in [2.24, 2.45) is 0 Å². The number of benzene rings is 4. The van der Waals surface area contributed by atoms with E-state index in [1.54, 1.807) is 54.0 Å². The van der Waals surface area contributed by atoms with Gasteiger partial charge in [0.2, 0.25) is 0 Å². The van der Waals surface area contributed by atoms with E-state index in [0.29, 0.717) is 28.2 Å². The fraction of sp³-hybridized carbons (Fsp3) is 0.340. The normalized spacial score (nSPS) is 17.5. The number of amides is 1. The predicted molar refractivity (Wildman–Crippen MR) is 237 cm³/mol. The first kappa shape index (κ1) is 45.1. The molecule has 16 heteroatoms. The molecule has 2 aromatic heterocycles. The van der Waals surface area contributed by atoms with Crippen molar-refractivity contribution < 1.29 is 37.4 Å². The number of fused-ring (bicyclic) bond motifs is 1. The van der Waals surface area contributed by atoms with Crippen molar-refractivity contribution >= 4 is 30.6 Å². The summed E-state index contributed by atoms with van der Waals surface area (Å²) in [7, 11) is -0.783. The van der Waals surface area contributed by atoms with E-state index in [2.05, 4.69) is 26.3 Å².